The van der Waals surface area contributed by atoms with Gasteiger partial charge in [0, 0.05) is 6.08 Å². The Labute approximate surface area is 126 Å². The van der Waals surface area contributed by atoms with Gasteiger partial charge in [0.05, 0.1) is 18.3 Å². The lowest BCUT2D eigenvalue weighted by atomic mass is 9.85. The van der Waals surface area contributed by atoms with Gasteiger partial charge in [0.15, 0.2) is 0 Å². The largest absolute Gasteiger partial charge is 0.460 e. The van der Waals surface area contributed by atoms with Crippen LogP contribution in [-0.2, 0) is 9.53 Å². The number of ether oxygens (including phenoxy) is 1. The molecular weight excluding hydrogens is 268 g/mol. The van der Waals surface area contributed by atoms with E-state index in [1.54, 1.807) is 0 Å². The number of carbonyl (C=O) groups excluding carboxylic acids is 1. The fourth-order valence-corrected chi connectivity index (χ4v) is 3.45. The molecule has 0 amide bonds. The molecule has 118 valence electrons. The lowest BCUT2D eigenvalue weighted by Crippen LogP contribution is -2.23. The fraction of sp³-hybridized carbons (Fsp3) is 0.706. The molecule has 0 radical (unpaired) electrons. The lowest BCUT2D eigenvalue weighted by molar-refractivity contribution is -0.142. The second kappa shape index (κ2) is 7.23. The van der Waals surface area contributed by atoms with Crippen molar-refractivity contribution < 1.29 is 19.7 Å². The van der Waals surface area contributed by atoms with Crippen LogP contribution in [0.15, 0.2) is 23.8 Å². The molecule has 5 atom stereocenters. The predicted octanol–water partition coefficient (Wildman–Crippen LogP) is 2.35. The highest BCUT2D eigenvalue weighted by molar-refractivity contribution is 5.82. The van der Waals surface area contributed by atoms with Crippen molar-refractivity contribution in [3.05, 3.63) is 23.8 Å². The number of cyclic esters (lactones) is 1. The molecule has 2 N–H and O–H groups in total. The first kappa shape index (κ1) is 16.2. The first-order chi connectivity index (χ1) is 9.97. The molecule has 0 aromatic carbocycles. The Balaban J connectivity index is 2.19. The van der Waals surface area contributed by atoms with E-state index in [1.807, 2.05) is 6.92 Å². The maximum absolute atomic E-state index is 11.7. The van der Waals surface area contributed by atoms with Gasteiger partial charge in [-0.3, -0.25) is 0 Å². The number of carbonyl (C=O) groups is 1. The molecule has 1 saturated carbocycles. The summed E-state index contributed by atoms with van der Waals surface area (Å²) < 4.78 is 5.26. The van der Waals surface area contributed by atoms with Gasteiger partial charge in [-0.05, 0) is 63.9 Å². The number of hydrogen-bond donors (Lipinski definition) is 2. The Morgan fingerprint density at radius 1 is 1.29 bits per heavy atom. The zero-order valence-electron chi connectivity index (χ0n) is 12.9. The molecule has 0 aromatic heterocycles. The molecule has 0 unspecified atom stereocenters. The number of allylic oxidation sites excluding steroid dienone is 2. The molecule has 0 saturated heterocycles. The van der Waals surface area contributed by atoms with Gasteiger partial charge in [0.2, 0.25) is 0 Å². The highest BCUT2D eigenvalue weighted by Gasteiger charge is 2.37. The molecule has 4 heteroatoms. The van der Waals surface area contributed by atoms with Crippen LogP contribution in [0, 0.1) is 11.8 Å². The van der Waals surface area contributed by atoms with Crippen LogP contribution in [0.25, 0.3) is 0 Å². The minimum absolute atomic E-state index is 0.0292. The van der Waals surface area contributed by atoms with Crippen molar-refractivity contribution in [1.82, 2.24) is 0 Å². The van der Waals surface area contributed by atoms with Crippen LogP contribution in [0.5, 0.6) is 0 Å². The molecule has 1 fully saturated rings. The number of rotatable bonds is 0. The van der Waals surface area contributed by atoms with Gasteiger partial charge in [-0.25, -0.2) is 4.79 Å². The third kappa shape index (κ3) is 4.42. The molecular formula is C17H26O4. The van der Waals surface area contributed by atoms with Crippen LogP contribution in [0.4, 0.5) is 0 Å². The highest BCUT2D eigenvalue weighted by atomic mass is 16.5. The van der Waals surface area contributed by atoms with E-state index < -0.39 is 12.1 Å². The second-order valence-electron chi connectivity index (χ2n) is 6.37. The summed E-state index contributed by atoms with van der Waals surface area (Å²) in [4.78, 5) is 11.7. The van der Waals surface area contributed by atoms with Crippen molar-refractivity contribution in [2.24, 2.45) is 11.8 Å². The van der Waals surface area contributed by atoms with Crippen molar-refractivity contribution in [2.75, 3.05) is 0 Å². The quantitative estimate of drug-likeness (QED) is 0.531. The van der Waals surface area contributed by atoms with E-state index in [0.29, 0.717) is 12.8 Å². The molecule has 0 aromatic rings. The highest BCUT2D eigenvalue weighted by Crippen LogP contribution is 2.39. The van der Waals surface area contributed by atoms with Crippen LogP contribution in [-0.4, -0.2) is 34.5 Å². The Hall–Kier alpha value is -1.13. The first-order valence-electron chi connectivity index (χ1n) is 7.89. The summed E-state index contributed by atoms with van der Waals surface area (Å²) in [6.45, 7) is 3.97. The Morgan fingerprint density at radius 3 is 2.81 bits per heavy atom. The Kier molecular flexibility index (Phi) is 5.59. The van der Waals surface area contributed by atoms with E-state index in [9.17, 15) is 15.0 Å². The van der Waals surface area contributed by atoms with Gasteiger partial charge in [0.25, 0.3) is 0 Å². The van der Waals surface area contributed by atoms with Gasteiger partial charge in [-0.15, -0.1) is 0 Å². The molecule has 4 nitrogen and oxygen atoms in total. The van der Waals surface area contributed by atoms with Crippen LogP contribution in [0.2, 0.25) is 0 Å². The summed E-state index contributed by atoms with van der Waals surface area (Å²) in [6.07, 6.45) is 7.86. The third-order valence-electron chi connectivity index (χ3n) is 4.64. The summed E-state index contributed by atoms with van der Waals surface area (Å²) in [7, 11) is 0. The van der Waals surface area contributed by atoms with Crippen molar-refractivity contribution in [3.63, 3.8) is 0 Å². The summed E-state index contributed by atoms with van der Waals surface area (Å²) in [6, 6.07) is 0. The second-order valence-corrected chi connectivity index (χ2v) is 6.37. The fourth-order valence-electron chi connectivity index (χ4n) is 3.45. The van der Waals surface area contributed by atoms with E-state index >= 15 is 0 Å². The first-order valence-corrected chi connectivity index (χ1v) is 7.89. The normalized spacial score (nSPS) is 38.6. The van der Waals surface area contributed by atoms with Crippen molar-refractivity contribution in [2.45, 2.75) is 64.3 Å². The van der Waals surface area contributed by atoms with E-state index in [1.165, 1.54) is 17.7 Å². The number of aliphatic hydroxyl groups is 2. The van der Waals surface area contributed by atoms with Crippen LogP contribution in [0.1, 0.15) is 46.0 Å². The Bertz CT molecular complexity index is 427. The molecule has 2 rings (SSSR count). The maximum Gasteiger partial charge on any atom is 0.330 e. The maximum atomic E-state index is 11.7. The van der Waals surface area contributed by atoms with Gasteiger partial charge in [0.1, 0.15) is 0 Å². The molecule has 1 aliphatic carbocycles. The van der Waals surface area contributed by atoms with E-state index in [-0.39, 0.29) is 24.0 Å². The monoisotopic (exact) mass is 294 g/mol. The molecule has 2 aliphatic rings. The van der Waals surface area contributed by atoms with Crippen molar-refractivity contribution in [3.8, 4) is 0 Å². The minimum Gasteiger partial charge on any atom is -0.460 e. The molecule has 1 aliphatic heterocycles. The summed E-state index contributed by atoms with van der Waals surface area (Å²) in [5.41, 5.74) is 1.24. The van der Waals surface area contributed by atoms with Gasteiger partial charge in [-0.2, -0.15) is 0 Å². The number of fused-ring (bicyclic) bond motifs is 1. The van der Waals surface area contributed by atoms with Crippen LogP contribution < -0.4 is 0 Å². The minimum atomic E-state index is -0.723. The summed E-state index contributed by atoms with van der Waals surface area (Å²) >= 11 is 0. The van der Waals surface area contributed by atoms with Crippen LogP contribution in [0.3, 0.4) is 0 Å². The predicted molar refractivity (Wildman–Crippen MR) is 80.5 cm³/mol. The van der Waals surface area contributed by atoms with Gasteiger partial charge < -0.3 is 14.9 Å². The smallest absolute Gasteiger partial charge is 0.330 e. The van der Waals surface area contributed by atoms with Gasteiger partial charge >= 0.3 is 5.97 Å². The lowest BCUT2D eigenvalue weighted by Gasteiger charge is -2.23. The van der Waals surface area contributed by atoms with E-state index in [4.69, 9.17) is 4.74 Å². The SMILES string of the molecule is CC1=CCCC[C@H](C)OC(=O)C=C[C@@H](O)[C@@H]2C[C@@H](O)C[C@@H]12. The standard InChI is InChI=1S/C17H26O4/c1-11-5-3-4-6-12(2)21-17(20)8-7-16(19)15-10-13(18)9-14(11)15/h5,7-8,12-16,18-19H,3-4,6,9-10H2,1-2H3/t12-,13-,14-,15+,16+/m0/s1. The molecule has 0 spiro atoms. The zero-order valence-corrected chi connectivity index (χ0v) is 12.9. The van der Waals surface area contributed by atoms with E-state index in [0.717, 1.165) is 19.3 Å². The summed E-state index contributed by atoms with van der Waals surface area (Å²) in [5.74, 6) is -0.243. The molecule has 1 heterocycles. The molecule has 21 heavy (non-hydrogen) atoms. The number of aliphatic hydroxyl groups excluding tert-OH is 2. The van der Waals surface area contributed by atoms with Crippen molar-refractivity contribution >= 4 is 5.97 Å². The Morgan fingerprint density at radius 2 is 2.05 bits per heavy atom. The van der Waals surface area contributed by atoms with Gasteiger partial charge in [-0.1, -0.05) is 11.6 Å². The average Bonchev–Trinajstić information content (AvgIpc) is 2.82. The number of esters is 1. The summed E-state index contributed by atoms with van der Waals surface area (Å²) in [5, 5.41) is 20.2. The molecule has 0 bridgehead atoms. The third-order valence-corrected chi connectivity index (χ3v) is 4.64. The zero-order chi connectivity index (χ0) is 15.4. The number of hydrogen-bond acceptors (Lipinski definition) is 4. The topological polar surface area (TPSA) is 66.8 Å². The van der Waals surface area contributed by atoms with Crippen LogP contribution >= 0.6 is 0 Å². The average molecular weight is 294 g/mol. The van der Waals surface area contributed by atoms with Crippen molar-refractivity contribution in [1.29, 1.82) is 0 Å². The van der Waals surface area contributed by atoms with E-state index in [2.05, 4.69) is 13.0 Å².